The van der Waals surface area contributed by atoms with Gasteiger partial charge in [0.15, 0.2) is 0 Å². The number of aliphatic hydroxyl groups is 1. The maximum absolute atomic E-state index is 9.95. The van der Waals surface area contributed by atoms with Crippen molar-refractivity contribution in [2.45, 2.75) is 46.3 Å². The van der Waals surface area contributed by atoms with E-state index in [0.717, 1.165) is 48.0 Å². The van der Waals surface area contributed by atoms with Crippen molar-refractivity contribution < 1.29 is 9.84 Å². The minimum atomic E-state index is -0.380. The van der Waals surface area contributed by atoms with E-state index in [4.69, 9.17) is 9.84 Å². The van der Waals surface area contributed by atoms with Crippen molar-refractivity contribution in [3.8, 4) is 17.3 Å². The molecule has 0 saturated heterocycles. The third-order valence-electron chi connectivity index (χ3n) is 4.76. The van der Waals surface area contributed by atoms with E-state index in [9.17, 15) is 5.11 Å². The van der Waals surface area contributed by atoms with Crippen molar-refractivity contribution in [3.63, 3.8) is 0 Å². The second-order valence-corrected chi connectivity index (χ2v) is 7.33. The van der Waals surface area contributed by atoms with Gasteiger partial charge in [-0.2, -0.15) is 5.10 Å². The van der Waals surface area contributed by atoms with Gasteiger partial charge in [0.25, 0.3) is 0 Å². The molecule has 3 aromatic rings. The molecule has 0 aliphatic carbocycles. The molecule has 0 aliphatic rings. The fraction of sp³-hybridized carbons (Fsp3) is 0.375. The summed E-state index contributed by atoms with van der Waals surface area (Å²) >= 11 is 0. The summed E-state index contributed by atoms with van der Waals surface area (Å²) in [5, 5.41) is 14.8. The molecule has 0 radical (unpaired) electrons. The maximum Gasteiger partial charge on any atom is 0.227 e. The summed E-state index contributed by atoms with van der Waals surface area (Å²) in [6.07, 6.45) is 1.46. The van der Waals surface area contributed by atoms with Gasteiger partial charge < -0.3 is 9.84 Å². The SMILES string of the molecule is CCCN(Cc1c(CC)nn(-c2ccccc2)c1Oc1ccccc1)CC(C)O. The number of aromatic nitrogens is 2. The molecule has 5 nitrogen and oxygen atoms in total. The highest BCUT2D eigenvalue weighted by Gasteiger charge is 2.22. The molecule has 1 unspecified atom stereocenters. The average molecular weight is 394 g/mol. The van der Waals surface area contributed by atoms with Crippen molar-refractivity contribution in [1.29, 1.82) is 0 Å². The van der Waals surface area contributed by atoms with Crippen molar-refractivity contribution in [2.75, 3.05) is 13.1 Å². The Hall–Kier alpha value is -2.63. The van der Waals surface area contributed by atoms with Gasteiger partial charge in [-0.1, -0.05) is 50.2 Å². The van der Waals surface area contributed by atoms with Crippen LogP contribution in [0.3, 0.4) is 0 Å². The smallest absolute Gasteiger partial charge is 0.227 e. The molecular formula is C24H31N3O2. The molecule has 1 heterocycles. The minimum Gasteiger partial charge on any atom is -0.439 e. The van der Waals surface area contributed by atoms with E-state index >= 15 is 0 Å². The number of rotatable bonds is 10. The number of aliphatic hydroxyl groups excluding tert-OH is 1. The zero-order chi connectivity index (χ0) is 20.6. The van der Waals surface area contributed by atoms with E-state index in [1.165, 1.54) is 0 Å². The van der Waals surface area contributed by atoms with E-state index in [1.807, 2.05) is 72.3 Å². The highest BCUT2D eigenvalue weighted by atomic mass is 16.5. The van der Waals surface area contributed by atoms with E-state index in [1.54, 1.807) is 0 Å². The fourth-order valence-corrected chi connectivity index (χ4v) is 3.52. The third-order valence-corrected chi connectivity index (χ3v) is 4.76. The lowest BCUT2D eigenvalue weighted by Gasteiger charge is -2.23. The molecule has 0 aliphatic heterocycles. The van der Waals surface area contributed by atoms with Gasteiger partial charge in [0.05, 0.1) is 23.0 Å². The van der Waals surface area contributed by atoms with Crippen LogP contribution in [0.5, 0.6) is 11.6 Å². The molecule has 2 aromatic carbocycles. The summed E-state index contributed by atoms with van der Waals surface area (Å²) in [6.45, 7) is 8.33. The van der Waals surface area contributed by atoms with Gasteiger partial charge in [-0.3, -0.25) is 4.90 Å². The van der Waals surface area contributed by atoms with Gasteiger partial charge in [-0.25, -0.2) is 4.68 Å². The van der Waals surface area contributed by atoms with E-state index < -0.39 is 0 Å². The van der Waals surface area contributed by atoms with Gasteiger partial charge in [0, 0.05) is 13.1 Å². The van der Waals surface area contributed by atoms with Crippen molar-refractivity contribution in [3.05, 3.63) is 71.9 Å². The van der Waals surface area contributed by atoms with Crippen molar-refractivity contribution in [2.24, 2.45) is 0 Å². The second-order valence-electron chi connectivity index (χ2n) is 7.33. The third kappa shape index (κ3) is 5.46. The van der Waals surface area contributed by atoms with Gasteiger partial charge in [-0.15, -0.1) is 0 Å². The Morgan fingerprint density at radius 3 is 2.28 bits per heavy atom. The van der Waals surface area contributed by atoms with Crippen LogP contribution in [0.25, 0.3) is 5.69 Å². The second kappa shape index (κ2) is 10.2. The molecule has 5 heteroatoms. The van der Waals surface area contributed by atoms with Crippen LogP contribution in [0.1, 0.15) is 38.4 Å². The summed E-state index contributed by atoms with van der Waals surface area (Å²) in [5.74, 6) is 1.52. The quantitative estimate of drug-likeness (QED) is 0.536. The summed E-state index contributed by atoms with van der Waals surface area (Å²) in [7, 11) is 0. The molecule has 1 aromatic heterocycles. The Balaban J connectivity index is 2.06. The lowest BCUT2D eigenvalue weighted by molar-refractivity contribution is 0.122. The first kappa shape index (κ1) is 21.1. The Labute approximate surface area is 173 Å². The number of ether oxygens (including phenoxy) is 1. The summed E-state index contributed by atoms with van der Waals surface area (Å²) in [4.78, 5) is 2.27. The predicted octanol–water partition coefficient (Wildman–Crippen LogP) is 4.82. The van der Waals surface area contributed by atoms with Gasteiger partial charge in [-0.05, 0) is 50.6 Å². The molecule has 0 amide bonds. The van der Waals surface area contributed by atoms with E-state index in [0.29, 0.717) is 13.1 Å². The number of hydrogen-bond acceptors (Lipinski definition) is 4. The monoisotopic (exact) mass is 393 g/mol. The molecule has 154 valence electrons. The van der Waals surface area contributed by atoms with Gasteiger partial charge >= 0.3 is 0 Å². The standard InChI is InChI=1S/C24H31N3O2/c1-4-16-26(17-19(3)28)18-22-23(5-2)25-27(20-12-8-6-9-13-20)24(22)29-21-14-10-7-11-15-21/h6-15,19,28H,4-5,16-18H2,1-3H3. The fourth-order valence-electron chi connectivity index (χ4n) is 3.52. The number of aryl methyl sites for hydroxylation is 1. The molecule has 0 spiro atoms. The molecule has 0 fully saturated rings. The number of benzene rings is 2. The lowest BCUT2D eigenvalue weighted by Crippen LogP contribution is -2.31. The Bertz CT molecular complexity index is 876. The van der Waals surface area contributed by atoms with Crippen LogP contribution >= 0.6 is 0 Å². The predicted molar refractivity (Wildman–Crippen MR) is 117 cm³/mol. The van der Waals surface area contributed by atoms with Crippen molar-refractivity contribution in [1.82, 2.24) is 14.7 Å². The van der Waals surface area contributed by atoms with Gasteiger partial charge in [0.1, 0.15) is 5.75 Å². The van der Waals surface area contributed by atoms with Gasteiger partial charge in [0.2, 0.25) is 5.88 Å². The zero-order valence-electron chi connectivity index (χ0n) is 17.6. The van der Waals surface area contributed by atoms with Crippen LogP contribution in [-0.2, 0) is 13.0 Å². The minimum absolute atomic E-state index is 0.380. The number of para-hydroxylation sites is 2. The normalized spacial score (nSPS) is 12.3. The maximum atomic E-state index is 9.95. The van der Waals surface area contributed by atoms with Crippen LogP contribution in [0.2, 0.25) is 0 Å². The van der Waals surface area contributed by atoms with Crippen LogP contribution < -0.4 is 4.74 Å². The zero-order valence-corrected chi connectivity index (χ0v) is 17.6. The average Bonchev–Trinajstić information content (AvgIpc) is 3.06. The first-order chi connectivity index (χ1) is 14.1. The Morgan fingerprint density at radius 1 is 1.03 bits per heavy atom. The summed E-state index contributed by atoms with van der Waals surface area (Å²) < 4.78 is 8.27. The van der Waals surface area contributed by atoms with Crippen LogP contribution in [0.4, 0.5) is 0 Å². The molecule has 0 saturated carbocycles. The van der Waals surface area contributed by atoms with Crippen LogP contribution in [0.15, 0.2) is 60.7 Å². The summed E-state index contributed by atoms with van der Waals surface area (Å²) in [6, 6.07) is 19.9. The van der Waals surface area contributed by atoms with Crippen LogP contribution in [-0.4, -0.2) is 39.0 Å². The molecule has 0 bridgehead atoms. The topological polar surface area (TPSA) is 50.5 Å². The summed E-state index contributed by atoms with van der Waals surface area (Å²) in [5.41, 5.74) is 3.07. The number of hydrogen-bond donors (Lipinski definition) is 1. The molecule has 1 atom stereocenters. The molecule has 29 heavy (non-hydrogen) atoms. The Morgan fingerprint density at radius 2 is 1.69 bits per heavy atom. The molecule has 3 rings (SSSR count). The van der Waals surface area contributed by atoms with E-state index in [2.05, 4.69) is 18.7 Å². The van der Waals surface area contributed by atoms with E-state index in [-0.39, 0.29) is 6.10 Å². The largest absolute Gasteiger partial charge is 0.439 e. The van der Waals surface area contributed by atoms with Crippen LogP contribution in [0, 0.1) is 0 Å². The highest BCUT2D eigenvalue weighted by Crippen LogP contribution is 2.32. The first-order valence-corrected chi connectivity index (χ1v) is 10.4. The molecule has 1 N–H and O–H groups in total. The van der Waals surface area contributed by atoms with Crippen molar-refractivity contribution >= 4 is 0 Å². The first-order valence-electron chi connectivity index (χ1n) is 10.4. The Kier molecular flexibility index (Phi) is 7.44. The lowest BCUT2D eigenvalue weighted by atomic mass is 10.1. The highest BCUT2D eigenvalue weighted by molar-refractivity contribution is 5.43. The molecular weight excluding hydrogens is 362 g/mol. The number of nitrogens with zero attached hydrogens (tertiary/aromatic N) is 3.